The van der Waals surface area contributed by atoms with Gasteiger partial charge in [-0.05, 0) is 47.2 Å². The highest BCUT2D eigenvalue weighted by Crippen LogP contribution is 2.38. The molecule has 2 heterocycles. The zero-order chi connectivity index (χ0) is 24.9. The Morgan fingerprint density at radius 1 is 1.26 bits per heavy atom. The van der Waals surface area contributed by atoms with Crippen molar-refractivity contribution in [2.75, 3.05) is 19.6 Å². The molecule has 0 atom stereocenters. The minimum Gasteiger partial charge on any atom is -0.403 e. The van der Waals surface area contributed by atoms with Gasteiger partial charge in [0.1, 0.15) is 0 Å². The Bertz CT molecular complexity index is 1310. The van der Waals surface area contributed by atoms with Crippen molar-refractivity contribution in [3.63, 3.8) is 0 Å². The standard InChI is InChI=1S/C28H32FN5O/c1-3-20-7-4-5-9-23(20)25-16-24(27(29)28-26(25)15-22(18-35)32-28)21-8-6-12-33(17-21)19(2)10-13-34(31)14-11-30/h4-5,7-9,11,14-16,18,32H,2-3,6,10,12-13,17,30-31H2,1H3/b14-11-. The van der Waals surface area contributed by atoms with E-state index in [9.17, 15) is 4.79 Å². The first-order valence-electron chi connectivity index (χ1n) is 11.9. The molecule has 182 valence electrons. The molecule has 3 aromatic rings. The zero-order valence-corrected chi connectivity index (χ0v) is 20.1. The number of benzene rings is 2. The number of rotatable bonds is 9. The molecule has 5 N–H and O–H groups in total. The molecule has 0 radical (unpaired) electrons. The highest BCUT2D eigenvalue weighted by Gasteiger charge is 2.23. The third kappa shape index (κ3) is 5.00. The highest BCUT2D eigenvalue weighted by molar-refractivity contribution is 6.01. The molecule has 4 rings (SSSR count). The van der Waals surface area contributed by atoms with Crippen molar-refractivity contribution < 1.29 is 9.18 Å². The van der Waals surface area contributed by atoms with Crippen molar-refractivity contribution in [1.82, 2.24) is 14.9 Å². The summed E-state index contributed by atoms with van der Waals surface area (Å²) in [7, 11) is 0. The molecule has 0 bridgehead atoms. The second kappa shape index (κ2) is 10.6. The van der Waals surface area contributed by atoms with Crippen molar-refractivity contribution >= 4 is 22.8 Å². The molecule has 6 nitrogen and oxygen atoms in total. The summed E-state index contributed by atoms with van der Waals surface area (Å²) in [4.78, 5) is 16.7. The molecule has 0 aliphatic carbocycles. The number of nitrogens with two attached hydrogens (primary N) is 2. The van der Waals surface area contributed by atoms with E-state index in [0.29, 0.717) is 41.7 Å². The summed E-state index contributed by atoms with van der Waals surface area (Å²) in [5.74, 6) is 5.54. The van der Waals surface area contributed by atoms with E-state index in [1.54, 1.807) is 12.3 Å². The molecule has 0 saturated heterocycles. The number of hydrogen-bond donors (Lipinski definition) is 3. The fraction of sp³-hybridized carbons (Fsp3) is 0.250. The predicted octanol–water partition coefficient (Wildman–Crippen LogP) is 4.95. The predicted molar refractivity (Wildman–Crippen MR) is 141 cm³/mol. The van der Waals surface area contributed by atoms with Crippen molar-refractivity contribution in [2.24, 2.45) is 11.6 Å². The maximum atomic E-state index is 15.9. The van der Waals surface area contributed by atoms with Crippen LogP contribution in [0, 0.1) is 5.82 Å². The summed E-state index contributed by atoms with van der Waals surface area (Å²) in [5, 5.41) is 2.23. The van der Waals surface area contributed by atoms with Crippen LogP contribution in [0.2, 0.25) is 0 Å². The molecule has 0 fully saturated rings. The van der Waals surface area contributed by atoms with Crippen LogP contribution in [0.4, 0.5) is 4.39 Å². The number of aryl methyl sites for hydroxylation is 1. The third-order valence-electron chi connectivity index (χ3n) is 6.57. The first-order valence-corrected chi connectivity index (χ1v) is 11.9. The van der Waals surface area contributed by atoms with Crippen LogP contribution < -0.4 is 11.6 Å². The highest BCUT2D eigenvalue weighted by atomic mass is 19.1. The van der Waals surface area contributed by atoms with Gasteiger partial charge in [0.2, 0.25) is 0 Å². The summed E-state index contributed by atoms with van der Waals surface area (Å²) in [6.07, 6.45) is 8.13. The molecule has 1 aliphatic heterocycles. The van der Waals surface area contributed by atoms with Crippen LogP contribution in [0.5, 0.6) is 0 Å². The Kier molecular flexibility index (Phi) is 7.36. The molecule has 2 aromatic carbocycles. The third-order valence-corrected chi connectivity index (χ3v) is 6.57. The molecule has 35 heavy (non-hydrogen) atoms. The number of carbonyl (C=O) groups is 1. The van der Waals surface area contributed by atoms with E-state index in [1.807, 2.05) is 18.2 Å². The second-order valence-corrected chi connectivity index (χ2v) is 8.76. The van der Waals surface area contributed by atoms with Crippen LogP contribution in [0.3, 0.4) is 0 Å². The van der Waals surface area contributed by atoms with Gasteiger partial charge in [0.15, 0.2) is 12.1 Å². The average molecular weight is 474 g/mol. The molecule has 0 spiro atoms. The Balaban J connectivity index is 1.72. The SMILES string of the molecule is C=C(CCN(N)/C=C\N)N1CCC=C(c2cc(-c3ccccc3CC)c3cc(C=O)[nH]c3c2F)C1. The van der Waals surface area contributed by atoms with Gasteiger partial charge in [-0.2, -0.15) is 0 Å². The van der Waals surface area contributed by atoms with Gasteiger partial charge in [0.05, 0.1) is 11.2 Å². The van der Waals surface area contributed by atoms with Gasteiger partial charge in [-0.15, -0.1) is 0 Å². The Morgan fingerprint density at radius 3 is 2.80 bits per heavy atom. The van der Waals surface area contributed by atoms with Crippen LogP contribution >= 0.6 is 0 Å². The van der Waals surface area contributed by atoms with E-state index in [0.717, 1.165) is 48.1 Å². The molecule has 7 heteroatoms. The van der Waals surface area contributed by atoms with E-state index >= 15 is 4.39 Å². The minimum absolute atomic E-state index is 0.342. The number of aromatic nitrogens is 1. The van der Waals surface area contributed by atoms with Gasteiger partial charge in [0.25, 0.3) is 0 Å². The lowest BCUT2D eigenvalue weighted by atomic mass is 9.90. The number of aldehydes is 1. The summed E-state index contributed by atoms with van der Waals surface area (Å²) in [6, 6.07) is 11.8. The number of nitrogens with one attached hydrogen (secondary N) is 1. The topological polar surface area (TPSA) is 91.4 Å². The first-order chi connectivity index (χ1) is 17.0. The van der Waals surface area contributed by atoms with E-state index in [2.05, 4.69) is 41.6 Å². The molecular weight excluding hydrogens is 441 g/mol. The number of aromatic amines is 1. The van der Waals surface area contributed by atoms with E-state index < -0.39 is 0 Å². The normalized spacial score (nSPS) is 13.9. The maximum absolute atomic E-state index is 15.9. The molecule has 1 aromatic heterocycles. The van der Waals surface area contributed by atoms with E-state index in [-0.39, 0.29) is 5.82 Å². The number of hydrogen-bond acceptors (Lipinski definition) is 5. The van der Waals surface area contributed by atoms with Gasteiger partial charge in [-0.3, -0.25) is 4.79 Å². The maximum Gasteiger partial charge on any atom is 0.166 e. The first kappa shape index (κ1) is 24.3. The van der Waals surface area contributed by atoms with Gasteiger partial charge in [-0.1, -0.05) is 43.8 Å². The smallest absolute Gasteiger partial charge is 0.166 e. The quantitative estimate of drug-likeness (QED) is 0.232. The average Bonchev–Trinajstić information content (AvgIpc) is 3.33. The fourth-order valence-corrected chi connectivity index (χ4v) is 4.70. The molecule has 0 unspecified atom stereocenters. The molecule has 0 saturated carbocycles. The molecular formula is C28H32FN5O. The minimum atomic E-state index is -0.342. The summed E-state index contributed by atoms with van der Waals surface area (Å²) in [5.41, 5.74) is 11.6. The van der Waals surface area contributed by atoms with Gasteiger partial charge < -0.3 is 20.6 Å². The van der Waals surface area contributed by atoms with Crippen LogP contribution in [0.25, 0.3) is 27.6 Å². The Hall–Kier alpha value is -3.84. The lowest BCUT2D eigenvalue weighted by Gasteiger charge is -2.32. The molecule has 1 aliphatic rings. The van der Waals surface area contributed by atoms with E-state index in [4.69, 9.17) is 11.6 Å². The van der Waals surface area contributed by atoms with Gasteiger partial charge in [0, 0.05) is 55.1 Å². The number of halogens is 1. The van der Waals surface area contributed by atoms with E-state index in [1.165, 1.54) is 16.8 Å². The Labute approximate surface area is 205 Å². The lowest BCUT2D eigenvalue weighted by molar-refractivity contribution is 0.112. The van der Waals surface area contributed by atoms with Crippen LogP contribution in [0.1, 0.15) is 41.4 Å². The lowest BCUT2D eigenvalue weighted by Crippen LogP contribution is -2.32. The largest absolute Gasteiger partial charge is 0.403 e. The zero-order valence-electron chi connectivity index (χ0n) is 20.1. The van der Waals surface area contributed by atoms with Gasteiger partial charge >= 0.3 is 0 Å². The van der Waals surface area contributed by atoms with Crippen LogP contribution in [-0.4, -0.2) is 40.8 Å². The van der Waals surface area contributed by atoms with Crippen LogP contribution in [0.15, 0.2) is 67.2 Å². The summed E-state index contributed by atoms with van der Waals surface area (Å²) < 4.78 is 15.9. The number of H-pyrrole nitrogens is 1. The van der Waals surface area contributed by atoms with Crippen molar-refractivity contribution in [2.45, 2.75) is 26.2 Å². The summed E-state index contributed by atoms with van der Waals surface area (Å²) >= 11 is 0. The second-order valence-electron chi connectivity index (χ2n) is 8.76. The van der Waals surface area contributed by atoms with Crippen LogP contribution in [-0.2, 0) is 6.42 Å². The number of hydrazine groups is 1. The number of fused-ring (bicyclic) bond motifs is 1. The molecule has 0 amide bonds. The van der Waals surface area contributed by atoms with Crippen molar-refractivity contribution in [1.29, 1.82) is 0 Å². The number of carbonyl (C=O) groups excluding carboxylic acids is 1. The van der Waals surface area contributed by atoms with Gasteiger partial charge in [-0.25, -0.2) is 10.2 Å². The number of nitrogens with zero attached hydrogens (tertiary/aromatic N) is 2. The van der Waals surface area contributed by atoms with Crippen molar-refractivity contribution in [3.05, 3.63) is 89.8 Å². The Morgan fingerprint density at radius 2 is 2.06 bits per heavy atom. The summed E-state index contributed by atoms with van der Waals surface area (Å²) in [6.45, 7) is 8.28. The monoisotopic (exact) mass is 473 g/mol. The van der Waals surface area contributed by atoms with Crippen molar-refractivity contribution in [3.8, 4) is 11.1 Å². The fourth-order valence-electron chi connectivity index (χ4n) is 4.70.